The van der Waals surface area contributed by atoms with Gasteiger partial charge in [-0.25, -0.2) is 0 Å². The zero-order valence-corrected chi connectivity index (χ0v) is 13.7. The molecule has 0 fully saturated rings. The predicted molar refractivity (Wildman–Crippen MR) is 91.0 cm³/mol. The summed E-state index contributed by atoms with van der Waals surface area (Å²) >= 11 is 7.72. The number of amides is 1. The molecule has 0 radical (unpaired) electrons. The van der Waals surface area contributed by atoms with E-state index in [1.54, 1.807) is 11.8 Å². The maximum Gasteiger partial charge on any atom is 0.251 e. The average molecular weight is 320 g/mol. The molecule has 4 heteroatoms. The van der Waals surface area contributed by atoms with Gasteiger partial charge in [-0.05, 0) is 48.6 Å². The largest absolute Gasteiger partial charge is 0.346 e. The lowest BCUT2D eigenvalue weighted by atomic mass is 10.1. The summed E-state index contributed by atoms with van der Waals surface area (Å²) in [6, 6.07) is 15.2. The highest BCUT2D eigenvalue weighted by molar-refractivity contribution is 7.97. The summed E-state index contributed by atoms with van der Waals surface area (Å²) in [5.74, 6) is 0.843. The minimum atomic E-state index is -0.0830. The van der Waals surface area contributed by atoms with E-state index >= 15 is 0 Å². The van der Waals surface area contributed by atoms with Crippen LogP contribution in [0.1, 0.15) is 34.5 Å². The van der Waals surface area contributed by atoms with Crippen molar-refractivity contribution in [3.63, 3.8) is 0 Å². The van der Waals surface area contributed by atoms with Crippen molar-refractivity contribution in [2.45, 2.75) is 18.7 Å². The molecule has 2 aromatic carbocycles. The van der Waals surface area contributed by atoms with Crippen LogP contribution in [0, 0.1) is 0 Å². The van der Waals surface area contributed by atoms with E-state index < -0.39 is 0 Å². The average Bonchev–Trinajstić information content (AvgIpc) is 2.48. The number of carbonyl (C=O) groups excluding carboxylic acids is 1. The first-order chi connectivity index (χ1) is 10.1. The Kier molecular flexibility index (Phi) is 5.71. The lowest BCUT2D eigenvalue weighted by molar-refractivity contribution is 0.0940. The monoisotopic (exact) mass is 319 g/mol. The smallest absolute Gasteiger partial charge is 0.251 e. The SMILES string of the molecule is CSCc1cccc(C(=O)N[C@H](C)c2cccc(Cl)c2)c1. The summed E-state index contributed by atoms with van der Waals surface area (Å²) in [6.45, 7) is 1.95. The Morgan fingerprint density at radius 3 is 2.71 bits per heavy atom. The van der Waals surface area contributed by atoms with Gasteiger partial charge in [-0.1, -0.05) is 35.9 Å². The third-order valence-electron chi connectivity index (χ3n) is 3.20. The van der Waals surface area contributed by atoms with E-state index in [1.165, 1.54) is 0 Å². The van der Waals surface area contributed by atoms with E-state index in [0.29, 0.717) is 10.6 Å². The molecule has 1 atom stereocenters. The molecule has 0 saturated carbocycles. The lowest BCUT2D eigenvalue weighted by Crippen LogP contribution is -2.26. The van der Waals surface area contributed by atoms with Gasteiger partial charge in [0.2, 0.25) is 0 Å². The van der Waals surface area contributed by atoms with E-state index in [9.17, 15) is 4.79 Å². The minimum absolute atomic E-state index is 0.0644. The van der Waals surface area contributed by atoms with Crippen LogP contribution in [0.5, 0.6) is 0 Å². The molecule has 0 heterocycles. The molecule has 1 amide bonds. The summed E-state index contributed by atoms with van der Waals surface area (Å²) in [7, 11) is 0. The number of hydrogen-bond acceptors (Lipinski definition) is 2. The highest BCUT2D eigenvalue weighted by Crippen LogP contribution is 2.18. The van der Waals surface area contributed by atoms with Gasteiger partial charge in [0, 0.05) is 16.3 Å². The number of hydrogen-bond donors (Lipinski definition) is 1. The molecule has 0 unspecified atom stereocenters. The van der Waals surface area contributed by atoms with Crippen LogP contribution in [0.3, 0.4) is 0 Å². The van der Waals surface area contributed by atoms with E-state index in [0.717, 1.165) is 16.9 Å². The van der Waals surface area contributed by atoms with Gasteiger partial charge in [-0.2, -0.15) is 11.8 Å². The van der Waals surface area contributed by atoms with Crippen molar-refractivity contribution in [3.05, 3.63) is 70.2 Å². The Hall–Kier alpha value is -1.45. The molecule has 110 valence electrons. The maximum atomic E-state index is 12.3. The molecular formula is C17H18ClNOS. The van der Waals surface area contributed by atoms with Crippen molar-refractivity contribution in [3.8, 4) is 0 Å². The van der Waals surface area contributed by atoms with Crippen molar-refractivity contribution >= 4 is 29.3 Å². The van der Waals surface area contributed by atoms with Gasteiger partial charge in [0.1, 0.15) is 0 Å². The van der Waals surface area contributed by atoms with Crippen molar-refractivity contribution in [1.29, 1.82) is 0 Å². The second-order valence-electron chi connectivity index (χ2n) is 4.88. The molecule has 2 nitrogen and oxygen atoms in total. The highest BCUT2D eigenvalue weighted by atomic mass is 35.5. The number of rotatable bonds is 5. The van der Waals surface area contributed by atoms with E-state index in [1.807, 2.05) is 61.7 Å². The normalized spacial score (nSPS) is 12.0. The fraction of sp³-hybridized carbons (Fsp3) is 0.235. The van der Waals surface area contributed by atoms with Crippen LogP contribution >= 0.6 is 23.4 Å². The van der Waals surface area contributed by atoms with Gasteiger partial charge in [0.15, 0.2) is 0 Å². The second-order valence-corrected chi connectivity index (χ2v) is 6.19. The maximum absolute atomic E-state index is 12.3. The highest BCUT2D eigenvalue weighted by Gasteiger charge is 2.12. The number of nitrogens with one attached hydrogen (secondary N) is 1. The van der Waals surface area contributed by atoms with E-state index in [-0.39, 0.29) is 11.9 Å². The topological polar surface area (TPSA) is 29.1 Å². The molecule has 2 rings (SSSR count). The van der Waals surface area contributed by atoms with Crippen LogP contribution in [-0.2, 0) is 5.75 Å². The summed E-state index contributed by atoms with van der Waals surface area (Å²) in [5.41, 5.74) is 2.84. The first-order valence-corrected chi connectivity index (χ1v) is 8.51. The van der Waals surface area contributed by atoms with E-state index in [4.69, 9.17) is 11.6 Å². The van der Waals surface area contributed by atoms with Crippen molar-refractivity contribution < 1.29 is 4.79 Å². The summed E-state index contributed by atoms with van der Waals surface area (Å²) in [6.07, 6.45) is 2.05. The lowest BCUT2D eigenvalue weighted by Gasteiger charge is -2.15. The first kappa shape index (κ1) is 15.9. The summed E-state index contributed by atoms with van der Waals surface area (Å²) in [5, 5.41) is 3.68. The molecule has 0 aromatic heterocycles. The zero-order valence-electron chi connectivity index (χ0n) is 12.1. The molecular weight excluding hydrogens is 302 g/mol. The Morgan fingerprint density at radius 2 is 2.00 bits per heavy atom. The molecule has 0 aliphatic carbocycles. The van der Waals surface area contributed by atoms with Crippen LogP contribution in [0.25, 0.3) is 0 Å². The molecule has 0 bridgehead atoms. The van der Waals surface area contributed by atoms with Crippen LogP contribution in [0.4, 0.5) is 0 Å². The molecule has 2 aromatic rings. The van der Waals surface area contributed by atoms with Crippen molar-refractivity contribution in [2.75, 3.05) is 6.26 Å². The quantitative estimate of drug-likeness (QED) is 0.866. The van der Waals surface area contributed by atoms with Crippen molar-refractivity contribution in [2.24, 2.45) is 0 Å². The standard InChI is InChI=1S/C17H18ClNOS/c1-12(14-6-4-8-16(18)10-14)19-17(20)15-7-3-5-13(9-15)11-21-2/h3-10,12H,11H2,1-2H3,(H,19,20)/t12-/m1/s1. The van der Waals surface area contributed by atoms with Crippen molar-refractivity contribution in [1.82, 2.24) is 5.32 Å². The van der Waals surface area contributed by atoms with Gasteiger partial charge < -0.3 is 5.32 Å². The van der Waals surface area contributed by atoms with Gasteiger partial charge in [0.25, 0.3) is 5.91 Å². The molecule has 0 saturated heterocycles. The Morgan fingerprint density at radius 1 is 1.24 bits per heavy atom. The van der Waals surface area contributed by atoms with Crippen LogP contribution < -0.4 is 5.32 Å². The second kappa shape index (κ2) is 7.53. The number of benzene rings is 2. The minimum Gasteiger partial charge on any atom is -0.346 e. The molecule has 0 aliphatic rings. The van der Waals surface area contributed by atoms with Gasteiger partial charge >= 0.3 is 0 Å². The first-order valence-electron chi connectivity index (χ1n) is 6.74. The molecule has 21 heavy (non-hydrogen) atoms. The Balaban J connectivity index is 2.08. The van der Waals surface area contributed by atoms with E-state index in [2.05, 4.69) is 5.32 Å². The van der Waals surface area contributed by atoms with Crippen LogP contribution in [0.15, 0.2) is 48.5 Å². The number of thioether (sulfide) groups is 1. The predicted octanol–water partition coefficient (Wildman–Crippen LogP) is 4.69. The van der Waals surface area contributed by atoms with Gasteiger partial charge in [-0.3, -0.25) is 4.79 Å². The Labute approximate surface area is 134 Å². The molecule has 1 N–H and O–H groups in total. The summed E-state index contributed by atoms with van der Waals surface area (Å²) in [4.78, 5) is 12.3. The van der Waals surface area contributed by atoms with Gasteiger partial charge in [-0.15, -0.1) is 0 Å². The zero-order chi connectivity index (χ0) is 15.2. The third-order valence-corrected chi connectivity index (χ3v) is 4.05. The number of carbonyl (C=O) groups is 1. The van der Waals surface area contributed by atoms with Crippen LogP contribution in [0.2, 0.25) is 5.02 Å². The Bertz CT molecular complexity index is 630. The summed E-state index contributed by atoms with van der Waals surface area (Å²) < 4.78 is 0. The molecule has 0 aliphatic heterocycles. The fourth-order valence-electron chi connectivity index (χ4n) is 2.11. The fourth-order valence-corrected chi connectivity index (χ4v) is 2.82. The van der Waals surface area contributed by atoms with Gasteiger partial charge in [0.05, 0.1) is 6.04 Å². The third kappa shape index (κ3) is 4.51. The number of halogens is 1. The molecule has 0 spiro atoms. The van der Waals surface area contributed by atoms with Crippen LogP contribution in [-0.4, -0.2) is 12.2 Å².